The van der Waals surface area contributed by atoms with Gasteiger partial charge in [0.2, 0.25) is 94.5 Å². The van der Waals surface area contributed by atoms with E-state index in [9.17, 15) is 77.0 Å². The predicted octanol–water partition coefficient (Wildman–Crippen LogP) is 2.68. The molecule has 2 rings (SSSR count). The van der Waals surface area contributed by atoms with Gasteiger partial charge in [0.25, 0.3) is 0 Å². The number of unbranched alkanes of at least 4 members (excludes halogenated alkanes) is 2. The molecule has 16 atom stereocenters. The number of hydrogen-bond donors (Lipinski definition) is 22. The lowest BCUT2D eigenvalue weighted by Gasteiger charge is -2.31. The molecule has 0 bridgehead atoms. The van der Waals surface area contributed by atoms with Gasteiger partial charge < -0.3 is 119 Å². The fraction of sp³-hybridized carbons (Fsp3) is 0.700. The second-order valence-corrected chi connectivity index (χ2v) is 40.7. The Kier molecular flexibility index (Phi) is 59.0. The Morgan fingerprint density at radius 2 is 0.543 bits per heavy atom. The first-order valence-corrected chi connectivity index (χ1v) is 50.1. The molecular formula is C100H172N22O18. The van der Waals surface area contributed by atoms with Crippen molar-refractivity contribution < 1.29 is 86.6 Å². The van der Waals surface area contributed by atoms with Gasteiger partial charge in [0.1, 0.15) is 84.6 Å². The lowest BCUT2D eigenvalue weighted by Crippen LogP contribution is -2.61. The van der Waals surface area contributed by atoms with Crippen molar-refractivity contribution >= 4 is 106 Å². The largest absolute Gasteiger partial charge is 0.480 e. The molecule has 16 amide bonds. The average Bonchev–Trinajstić information content (AvgIpc) is 0.560. The Balaban J connectivity index is 2.57. The van der Waals surface area contributed by atoms with Gasteiger partial charge in [-0.2, -0.15) is 0 Å². The van der Waals surface area contributed by atoms with Gasteiger partial charge in [-0.3, -0.25) is 81.7 Å². The van der Waals surface area contributed by atoms with Crippen LogP contribution in [0.25, 0.3) is 0 Å². The van der Waals surface area contributed by atoms with E-state index in [4.69, 9.17) is 28.7 Å². The predicted molar refractivity (Wildman–Crippen MR) is 539 cm³/mol. The maximum absolute atomic E-state index is 15.0. The summed E-state index contributed by atoms with van der Waals surface area (Å²) in [4.78, 5) is 247. The maximum Gasteiger partial charge on any atom is 0.326 e. The van der Waals surface area contributed by atoms with E-state index in [2.05, 4.69) is 90.1 Å². The standard InChI is InChI=1S/C100H172N22O18/c1-21-65(20)84(98(138)120-77(49-62(14)15)91(131)111-69(37-28-30-40-101)86(126)108-55-83(124)110-79(52-66-33-24-22-25-34-66)95(135)112-70(38-29-31-41-102)88(128)121-81(99(139)140)51-64(18)19)122-97(137)78(50-63(16)17)114-87(127)71(39-32-42-106-100(104)105)113-90(130)73(45-58(6)7)115-92(132)74(46-59(8)9)116-93(133)75(47-60(10)11)117-94(134)76(48-61(12)13)118-96(136)80(53-67-35-26-23-27-36-67)119-89(129)72(44-57(4)5)109-82(123)54-107-85(125)68(103)43-56(2)3/h22-27,33-36,56-65,68-81,84H,21,28-32,37-55,101-103H2,1-20H3,(H,107,125)(H,108,126)(H,109,123)(H,110,124)(H,111,131)(H,112,135)(H,113,130)(H,114,127)(H,115,132)(H,116,133)(H,117,134)(H,118,136)(H,119,129)(H,120,138)(H,121,128)(H,122,137)(H,139,140)(H4,104,105,106)/t65-,68-,69-,70-,71-,72-,73-,74-,75-,76-,77-,78-,79-,80-,81-,84-/m0/s1. The van der Waals surface area contributed by atoms with E-state index in [1.54, 1.807) is 130 Å². The topological polar surface area (TPSA) is 645 Å². The molecular weight excluding hydrogens is 1800 g/mol. The number of rotatable bonds is 69. The molecule has 2 aromatic carbocycles. The molecule has 40 heteroatoms. The van der Waals surface area contributed by atoms with Gasteiger partial charge in [0.05, 0.1) is 19.1 Å². The number of nitrogens with one attached hydrogen (secondary N) is 16. The number of nitrogens with two attached hydrogens (primary N) is 5. The van der Waals surface area contributed by atoms with Crippen LogP contribution in [0.2, 0.25) is 0 Å². The molecule has 140 heavy (non-hydrogen) atoms. The average molecular weight is 1970 g/mol. The van der Waals surface area contributed by atoms with Crippen LogP contribution in [0.1, 0.15) is 265 Å². The Labute approximate surface area is 829 Å². The van der Waals surface area contributed by atoms with Crippen molar-refractivity contribution in [2.24, 2.45) is 92.8 Å². The fourth-order valence-corrected chi connectivity index (χ4v) is 15.7. The van der Waals surface area contributed by atoms with Crippen LogP contribution in [0.3, 0.4) is 0 Å². The number of carbonyl (C=O) groups excluding carboxylic acids is 16. The summed E-state index contributed by atoms with van der Waals surface area (Å²) in [5, 5.41) is 53.8. The third-order valence-corrected chi connectivity index (χ3v) is 23.0. The van der Waals surface area contributed by atoms with Crippen LogP contribution >= 0.6 is 0 Å². The molecule has 2 aromatic rings. The number of guanidine groups is 1. The minimum atomic E-state index is -1.43. The van der Waals surface area contributed by atoms with Crippen molar-refractivity contribution in [2.45, 2.75) is 358 Å². The Hall–Kier alpha value is -11.4. The third-order valence-electron chi connectivity index (χ3n) is 23.0. The number of nitrogens with zero attached hydrogens (tertiary/aromatic N) is 1. The van der Waals surface area contributed by atoms with Crippen LogP contribution in [-0.4, -0.2) is 235 Å². The Morgan fingerprint density at radius 1 is 0.293 bits per heavy atom. The number of aliphatic imine (C=N–C) groups is 1. The van der Waals surface area contributed by atoms with Gasteiger partial charge in [0.15, 0.2) is 5.96 Å². The number of aliphatic carboxylic acids is 1. The monoisotopic (exact) mass is 1970 g/mol. The van der Waals surface area contributed by atoms with E-state index < -0.39 is 210 Å². The highest BCUT2D eigenvalue weighted by molar-refractivity contribution is 6.01. The summed E-state index contributed by atoms with van der Waals surface area (Å²) in [7, 11) is 0. The molecule has 40 nitrogen and oxygen atoms in total. The van der Waals surface area contributed by atoms with Crippen LogP contribution in [0, 0.1) is 59.2 Å². The quantitative estimate of drug-likeness (QED) is 0.0257. The molecule has 27 N–H and O–H groups in total. The van der Waals surface area contributed by atoms with Crippen molar-refractivity contribution in [2.75, 3.05) is 32.7 Å². The van der Waals surface area contributed by atoms with E-state index in [0.717, 1.165) is 0 Å². The van der Waals surface area contributed by atoms with Crippen molar-refractivity contribution in [3.8, 4) is 0 Å². The normalized spacial score (nSPS) is 14.9. The summed E-state index contributed by atoms with van der Waals surface area (Å²) in [6.07, 6.45) is 2.75. The molecule has 0 unspecified atom stereocenters. The van der Waals surface area contributed by atoms with Crippen LogP contribution < -0.4 is 114 Å². The lowest BCUT2D eigenvalue weighted by molar-refractivity contribution is -0.143. The highest BCUT2D eigenvalue weighted by Crippen LogP contribution is 2.20. The highest BCUT2D eigenvalue weighted by Gasteiger charge is 2.40. The first-order chi connectivity index (χ1) is 65.8. The maximum atomic E-state index is 15.0. The molecule has 0 aromatic heterocycles. The van der Waals surface area contributed by atoms with Crippen LogP contribution in [0.5, 0.6) is 0 Å². The highest BCUT2D eigenvalue weighted by atomic mass is 16.4. The minimum absolute atomic E-state index is 0.000950. The number of carboxylic acid groups (broad SMARTS) is 1. The number of amides is 16. The minimum Gasteiger partial charge on any atom is -0.480 e. The SMILES string of the molecule is CC[C@H](C)[C@H](NC(=O)[C@H](CC(C)C)NC(=O)[C@H](CCCN=C(N)N)NC(=O)[C@H](CC(C)C)NC(=O)[C@H](CC(C)C)NC(=O)[C@H](CC(C)C)NC(=O)[C@H](CC(C)C)NC(=O)[C@H](Cc1ccccc1)NC(=O)[C@H](CC(C)C)NC(=O)CNC(=O)[C@@H](N)CC(C)C)C(=O)N[C@@H](CC(C)C)C(=O)N[C@@H](CCCCN)C(=O)NCC(=O)N[C@@H](Cc1ccccc1)C(=O)N[C@@H](CCCCN)C(=O)N[C@@H](CC(C)C)C(=O)O. The van der Waals surface area contributed by atoms with E-state index in [-0.39, 0.29) is 169 Å². The smallest absolute Gasteiger partial charge is 0.326 e. The number of benzene rings is 2. The van der Waals surface area contributed by atoms with E-state index >= 15 is 9.59 Å². The molecule has 0 heterocycles. The van der Waals surface area contributed by atoms with Gasteiger partial charge >= 0.3 is 5.97 Å². The van der Waals surface area contributed by atoms with Gasteiger partial charge in [-0.25, -0.2) is 4.79 Å². The van der Waals surface area contributed by atoms with Gasteiger partial charge in [-0.05, 0) is 193 Å². The molecule has 0 saturated heterocycles. The summed E-state index contributed by atoms with van der Waals surface area (Å²) >= 11 is 0. The van der Waals surface area contributed by atoms with E-state index in [1.165, 1.54) is 0 Å². The van der Waals surface area contributed by atoms with E-state index in [0.29, 0.717) is 49.7 Å². The number of carboxylic acids is 1. The van der Waals surface area contributed by atoms with Crippen LogP contribution in [-0.2, 0) is 94.3 Å². The van der Waals surface area contributed by atoms with Crippen molar-refractivity contribution in [1.82, 2.24) is 85.1 Å². The molecule has 0 fully saturated rings. The summed E-state index contributed by atoms with van der Waals surface area (Å²) in [5.41, 5.74) is 30.4. The first kappa shape index (κ1) is 125. The molecule has 0 aliphatic carbocycles. The number of carbonyl (C=O) groups is 17. The summed E-state index contributed by atoms with van der Waals surface area (Å²) < 4.78 is 0. The fourth-order valence-electron chi connectivity index (χ4n) is 15.7. The summed E-state index contributed by atoms with van der Waals surface area (Å²) in [5.74, 6) is -15.9. The number of hydrogen-bond acceptors (Lipinski definition) is 21. The van der Waals surface area contributed by atoms with Crippen molar-refractivity contribution in [3.05, 3.63) is 71.8 Å². The Bertz CT molecular complexity index is 4250. The van der Waals surface area contributed by atoms with Gasteiger partial charge in [-0.1, -0.05) is 206 Å². The molecule has 0 saturated carbocycles. The zero-order chi connectivity index (χ0) is 106. The summed E-state index contributed by atoms with van der Waals surface area (Å²) in [6.45, 7) is 35.7. The molecule has 0 radical (unpaired) electrons. The molecule has 0 aliphatic rings. The van der Waals surface area contributed by atoms with Gasteiger partial charge in [-0.15, -0.1) is 0 Å². The van der Waals surface area contributed by atoms with Crippen LogP contribution in [0.4, 0.5) is 0 Å². The third kappa shape index (κ3) is 51.1. The zero-order valence-electron chi connectivity index (χ0n) is 86.6. The molecule has 0 spiro atoms. The molecule has 0 aliphatic heterocycles. The Morgan fingerprint density at radius 3 is 0.857 bits per heavy atom. The van der Waals surface area contributed by atoms with Crippen molar-refractivity contribution in [1.29, 1.82) is 0 Å². The summed E-state index contributed by atoms with van der Waals surface area (Å²) in [6, 6.07) is -1.71. The second-order valence-electron chi connectivity index (χ2n) is 40.7. The van der Waals surface area contributed by atoms with Gasteiger partial charge in [0, 0.05) is 19.4 Å². The first-order valence-electron chi connectivity index (χ1n) is 50.1. The van der Waals surface area contributed by atoms with E-state index in [1.807, 2.05) is 69.2 Å². The second kappa shape index (κ2) is 66.3. The van der Waals surface area contributed by atoms with Crippen molar-refractivity contribution in [3.63, 3.8) is 0 Å². The lowest BCUT2D eigenvalue weighted by atomic mass is 9.95. The molecule has 790 valence electrons. The zero-order valence-corrected chi connectivity index (χ0v) is 86.6. The van der Waals surface area contributed by atoms with Crippen LogP contribution in [0.15, 0.2) is 65.7 Å².